The van der Waals surface area contributed by atoms with Crippen molar-refractivity contribution in [1.82, 2.24) is 10.6 Å². The van der Waals surface area contributed by atoms with Crippen LogP contribution in [0.1, 0.15) is 25.8 Å². The molecule has 0 spiro atoms. The molecule has 0 aliphatic carbocycles. The summed E-state index contributed by atoms with van der Waals surface area (Å²) in [6.45, 7) is 7.95. The van der Waals surface area contributed by atoms with Crippen LogP contribution >= 0.6 is 0 Å². The van der Waals surface area contributed by atoms with E-state index in [0.717, 1.165) is 31.8 Å². The third-order valence-electron chi connectivity index (χ3n) is 4.10. The van der Waals surface area contributed by atoms with Gasteiger partial charge in [0.2, 0.25) is 0 Å². The van der Waals surface area contributed by atoms with Crippen molar-refractivity contribution in [2.45, 2.75) is 32.7 Å². The van der Waals surface area contributed by atoms with Gasteiger partial charge in [-0.05, 0) is 49.0 Å². The van der Waals surface area contributed by atoms with Crippen molar-refractivity contribution in [3.05, 3.63) is 29.8 Å². The molecule has 0 amide bonds. The van der Waals surface area contributed by atoms with Crippen LogP contribution in [-0.4, -0.2) is 32.8 Å². The number of methoxy groups -OCH3 is 1. The van der Waals surface area contributed by atoms with E-state index in [1.165, 1.54) is 12.0 Å². The molecule has 0 aromatic heterocycles. The quantitative estimate of drug-likeness (QED) is 0.853. The maximum absolute atomic E-state index is 5.17. The Morgan fingerprint density at radius 3 is 2.68 bits per heavy atom. The molecule has 1 heterocycles. The van der Waals surface area contributed by atoms with E-state index in [9.17, 15) is 0 Å². The molecule has 0 radical (unpaired) electrons. The van der Waals surface area contributed by atoms with E-state index in [2.05, 4.69) is 36.6 Å². The van der Waals surface area contributed by atoms with Crippen LogP contribution in [0.15, 0.2) is 24.3 Å². The fourth-order valence-electron chi connectivity index (χ4n) is 2.73. The Labute approximate surface area is 116 Å². The highest BCUT2D eigenvalue weighted by Gasteiger charge is 2.31. The predicted molar refractivity (Wildman–Crippen MR) is 79.8 cm³/mol. The molecule has 1 fully saturated rings. The maximum Gasteiger partial charge on any atom is 0.118 e. The molecule has 0 bridgehead atoms. The van der Waals surface area contributed by atoms with Gasteiger partial charge < -0.3 is 15.4 Å². The van der Waals surface area contributed by atoms with Crippen LogP contribution in [-0.2, 0) is 6.42 Å². The summed E-state index contributed by atoms with van der Waals surface area (Å²) in [4.78, 5) is 0. The number of hydrogen-bond donors (Lipinski definition) is 2. The second-order valence-electron chi connectivity index (χ2n) is 6.06. The van der Waals surface area contributed by atoms with Crippen LogP contribution < -0.4 is 15.4 Å². The van der Waals surface area contributed by atoms with Crippen molar-refractivity contribution in [3.8, 4) is 5.75 Å². The van der Waals surface area contributed by atoms with Crippen molar-refractivity contribution >= 4 is 0 Å². The molecule has 1 aromatic rings. The number of nitrogens with one attached hydrogen (secondary N) is 2. The first-order valence-corrected chi connectivity index (χ1v) is 7.19. The van der Waals surface area contributed by atoms with Gasteiger partial charge in [-0.3, -0.25) is 0 Å². The van der Waals surface area contributed by atoms with E-state index >= 15 is 0 Å². The van der Waals surface area contributed by atoms with Crippen molar-refractivity contribution in [2.75, 3.05) is 26.7 Å². The van der Waals surface area contributed by atoms with Gasteiger partial charge in [-0.1, -0.05) is 26.0 Å². The van der Waals surface area contributed by atoms with Crippen LogP contribution in [0.5, 0.6) is 5.75 Å². The fraction of sp³-hybridized carbons (Fsp3) is 0.625. The molecule has 19 heavy (non-hydrogen) atoms. The van der Waals surface area contributed by atoms with Gasteiger partial charge in [-0.15, -0.1) is 0 Å². The molecule has 3 nitrogen and oxygen atoms in total. The smallest absolute Gasteiger partial charge is 0.118 e. The van der Waals surface area contributed by atoms with E-state index in [-0.39, 0.29) is 0 Å². The molecule has 106 valence electrons. The summed E-state index contributed by atoms with van der Waals surface area (Å²) in [6, 6.07) is 8.97. The van der Waals surface area contributed by atoms with Gasteiger partial charge >= 0.3 is 0 Å². The lowest BCUT2D eigenvalue weighted by atomic mass is 9.80. The summed E-state index contributed by atoms with van der Waals surface area (Å²) >= 11 is 0. The van der Waals surface area contributed by atoms with Crippen molar-refractivity contribution in [1.29, 1.82) is 0 Å². The first-order valence-electron chi connectivity index (χ1n) is 7.19. The molecule has 3 heteroatoms. The van der Waals surface area contributed by atoms with Gasteiger partial charge in [0.1, 0.15) is 5.75 Å². The molecule has 2 rings (SSSR count). The highest BCUT2D eigenvalue weighted by atomic mass is 16.5. The number of benzene rings is 1. The summed E-state index contributed by atoms with van der Waals surface area (Å²) < 4.78 is 5.17. The van der Waals surface area contributed by atoms with Crippen molar-refractivity contribution in [3.63, 3.8) is 0 Å². The zero-order valence-electron chi connectivity index (χ0n) is 12.3. The van der Waals surface area contributed by atoms with E-state index in [1.54, 1.807) is 7.11 Å². The van der Waals surface area contributed by atoms with E-state index in [1.807, 2.05) is 12.1 Å². The lowest BCUT2D eigenvalue weighted by Crippen LogP contribution is -2.53. The molecule has 1 atom stereocenters. The van der Waals surface area contributed by atoms with Crippen molar-refractivity contribution < 1.29 is 4.74 Å². The molecule has 1 aliphatic rings. The summed E-state index contributed by atoms with van der Waals surface area (Å²) in [6.07, 6.45) is 2.29. The van der Waals surface area contributed by atoms with Gasteiger partial charge in [0.05, 0.1) is 7.11 Å². The maximum atomic E-state index is 5.17. The third-order valence-corrected chi connectivity index (χ3v) is 4.10. The average Bonchev–Trinajstić information content (AvgIpc) is 2.41. The summed E-state index contributed by atoms with van der Waals surface area (Å²) in [5, 5.41) is 7.19. The minimum Gasteiger partial charge on any atom is -0.497 e. The predicted octanol–water partition coefficient (Wildman–Crippen LogP) is 2.22. The zero-order valence-corrected chi connectivity index (χ0v) is 12.3. The standard InChI is InChI=1S/C16H26N2O/c1-16(2)12-17-10-9-15(16)18-11-8-13-4-6-14(19-3)7-5-13/h4-7,15,17-18H,8-12H2,1-3H3. The Bertz CT molecular complexity index is 386. The normalized spacial score (nSPS) is 22.2. The van der Waals surface area contributed by atoms with E-state index in [0.29, 0.717) is 11.5 Å². The minimum atomic E-state index is 0.345. The highest BCUT2D eigenvalue weighted by molar-refractivity contribution is 5.27. The van der Waals surface area contributed by atoms with Crippen LogP contribution in [0.4, 0.5) is 0 Å². The Kier molecular flexibility index (Phi) is 4.83. The summed E-state index contributed by atoms with van der Waals surface area (Å²) in [7, 11) is 1.70. The highest BCUT2D eigenvalue weighted by Crippen LogP contribution is 2.24. The fourth-order valence-corrected chi connectivity index (χ4v) is 2.73. The Balaban J connectivity index is 1.79. The Hall–Kier alpha value is -1.06. The number of hydrogen-bond acceptors (Lipinski definition) is 3. The summed E-state index contributed by atoms with van der Waals surface area (Å²) in [5.41, 5.74) is 1.71. The van der Waals surface area contributed by atoms with Crippen LogP contribution in [0.3, 0.4) is 0 Å². The Morgan fingerprint density at radius 1 is 1.32 bits per heavy atom. The van der Waals surface area contributed by atoms with Gasteiger partial charge in [0, 0.05) is 12.6 Å². The molecule has 1 saturated heterocycles. The average molecular weight is 262 g/mol. The molecule has 1 aromatic carbocycles. The number of piperidine rings is 1. The van der Waals surface area contributed by atoms with E-state index in [4.69, 9.17) is 4.74 Å². The first kappa shape index (κ1) is 14.4. The lowest BCUT2D eigenvalue weighted by Gasteiger charge is -2.39. The molecular formula is C16H26N2O. The molecule has 0 saturated carbocycles. The topological polar surface area (TPSA) is 33.3 Å². The second-order valence-corrected chi connectivity index (χ2v) is 6.06. The van der Waals surface area contributed by atoms with Gasteiger partial charge in [-0.25, -0.2) is 0 Å². The minimum absolute atomic E-state index is 0.345. The van der Waals surface area contributed by atoms with E-state index < -0.39 is 0 Å². The molecular weight excluding hydrogens is 236 g/mol. The zero-order chi connectivity index (χ0) is 13.7. The van der Waals surface area contributed by atoms with Crippen LogP contribution in [0.25, 0.3) is 0 Å². The third kappa shape index (κ3) is 3.95. The van der Waals surface area contributed by atoms with Gasteiger partial charge in [0.15, 0.2) is 0 Å². The Morgan fingerprint density at radius 2 is 2.05 bits per heavy atom. The van der Waals surface area contributed by atoms with Crippen LogP contribution in [0.2, 0.25) is 0 Å². The number of ether oxygens (including phenoxy) is 1. The van der Waals surface area contributed by atoms with Gasteiger partial charge in [-0.2, -0.15) is 0 Å². The molecule has 1 unspecified atom stereocenters. The lowest BCUT2D eigenvalue weighted by molar-refractivity contribution is 0.186. The second kappa shape index (κ2) is 6.40. The largest absolute Gasteiger partial charge is 0.497 e. The summed E-state index contributed by atoms with van der Waals surface area (Å²) in [5.74, 6) is 0.927. The number of rotatable bonds is 5. The monoisotopic (exact) mass is 262 g/mol. The van der Waals surface area contributed by atoms with Crippen molar-refractivity contribution in [2.24, 2.45) is 5.41 Å². The van der Waals surface area contributed by atoms with Crippen LogP contribution in [0, 0.1) is 5.41 Å². The SMILES string of the molecule is COc1ccc(CCNC2CCNCC2(C)C)cc1. The van der Waals surface area contributed by atoms with Gasteiger partial charge in [0.25, 0.3) is 0 Å². The first-order chi connectivity index (χ1) is 9.12. The molecule has 1 aliphatic heterocycles. The molecule has 2 N–H and O–H groups in total.